The lowest BCUT2D eigenvalue weighted by Crippen LogP contribution is -2.40. The maximum absolute atomic E-state index is 5.41. The number of imidazole rings is 1. The van der Waals surface area contributed by atoms with E-state index < -0.39 is 0 Å². The molecule has 4 N–H and O–H groups in total. The largest absolute Gasteiger partial charge is 0.379 e. The molecule has 8 nitrogen and oxygen atoms in total. The Kier molecular flexibility index (Phi) is 4.44. The third kappa shape index (κ3) is 3.56. The molecule has 0 saturated carbocycles. The van der Waals surface area contributed by atoms with Crippen molar-refractivity contribution in [2.24, 2.45) is 0 Å². The monoisotopic (exact) mass is 413 g/mol. The van der Waals surface area contributed by atoms with E-state index >= 15 is 0 Å². The van der Waals surface area contributed by atoms with Crippen LogP contribution in [0.3, 0.4) is 0 Å². The molecule has 6 rings (SSSR count). The summed E-state index contributed by atoms with van der Waals surface area (Å²) in [6, 6.07) is 18.4. The van der Waals surface area contributed by atoms with Crippen LogP contribution in [0.15, 0.2) is 60.8 Å². The van der Waals surface area contributed by atoms with E-state index in [9.17, 15) is 0 Å². The van der Waals surface area contributed by atoms with Crippen molar-refractivity contribution in [1.29, 1.82) is 0 Å². The van der Waals surface area contributed by atoms with Gasteiger partial charge in [-0.15, -0.1) is 0 Å². The van der Waals surface area contributed by atoms with Gasteiger partial charge in [0.25, 0.3) is 0 Å². The van der Waals surface area contributed by atoms with E-state index in [1.54, 1.807) is 0 Å². The molecule has 4 aromatic rings. The molecule has 0 aliphatic carbocycles. The van der Waals surface area contributed by atoms with Crippen LogP contribution in [0, 0.1) is 0 Å². The average molecular weight is 413 g/mol. The summed E-state index contributed by atoms with van der Waals surface area (Å²) in [5, 5.41) is 9.16. The topological polar surface area (TPSA) is 90.1 Å². The van der Waals surface area contributed by atoms with Gasteiger partial charge in [0.05, 0.1) is 47.0 Å². The molecule has 4 heterocycles. The molecule has 2 aliphatic heterocycles. The maximum Gasteiger partial charge on any atom is 0.141 e. The van der Waals surface area contributed by atoms with Gasteiger partial charge in [0.2, 0.25) is 0 Å². The van der Waals surface area contributed by atoms with Gasteiger partial charge < -0.3 is 25.8 Å². The Morgan fingerprint density at radius 1 is 0.968 bits per heavy atom. The zero-order chi connectivity index (χ0) is 20.6. The molecule has 31 heavy (non-hydrogen) atoms. The van der Waals surface area contributed by atoms with E-state index in [4.69, 9.17) is 9.72 Å². The number of hydrazine groups is 1. The summed E-state index contributed by atoms with van der Waals surface area (Å²) in [7, 11) is 0. The first-order valence-electron chi connectivity index (χ1n) is 10.5. The lowest BCUT2D eigenvalue weighted by Gasteiger charge is -2.27. The van der Waals surface area contributed by atoms with Gasteiger partial charge in [0.1, 0.15) is 12.0 Å². The van der Waals surface area contributed by atoms with Crippen molar-refractivity contribution in [3.63, 3.8) is 0 Å². The summed E-state index contributed by atoms with van der Waals surface area (Å²) in [6.07, 6.45) is 1.78. The second kappa shape index (κ2) is 7.57. The summed E-state index contributed by atoms with van der Waals surface area (Å²) < 4.78 is 5.41. The van der Waals surface area contributed by atoms with Crippen molar-refractivity contribution in [2.45, 2.75) is 6.17 Å². The van der Waals surface area contributed by atoms with E-state index in [-0.39, 0.29) is 6.17 Å². The van der Waals surface area contributed by atoms with Gasteiger partial charge in [-0.1, -0.05) is 6.07 Å². The quantitative estimate of drug-likeness (QED) is 0.404. The SMILES string of the molecule is c1ccc(C2Nc3ccc(-c4nc5ccc(NN6CCOCC6)cc5[nH]4)cc3N2)nc1. The van der Waals surface area contributed by atoms with Crippen LogP contribution in [-0.4, -0.2) is 46.3 Å². The van der Waals surface area contributed by atoms with Gasteiger partial charge >= 0.3 is 0 Å². The molecule has 8 heteroatoms. The third-order valence-electron chi connectivity index (χ3n) is 5.66. The van der Waals surface area contributed by atoms with Crippen molar-refractivity contribution in [2.75, 3.05) is 42.4 Å². The summed E-state index contributed by atoms with van der Waals surface area (Å²) in [5.41, 5.74) is 10.6. The van der Waals surface area contributed by atoms with Crippen LogP contribution in [0.1, 0.15) is 11.9 Å². The molecular weight excluding hydrogens is 390 g/mol. The number of nitrogens with zero attached hydrogens (tertiary/aromatic N) is 3. The lowest BCUT2D eigenvalue weighted by molar-refractivity contribution is 0.0497. The highest BCUT2D eigenvalue weighted by molar-refractivity contribution is 5.85. The minimum atomic E-state index is -0.0315. The number of H-pyrrole nitrogens is 1. The third-order valence-corrected chi connectivity index (χ3v) is 5.66. The van der Waals surface area contributed by atoms with Crippen molar-refractivity contribution >= 4 is 28.1 Å². The Balaban J connectivity index is 1.24. The molecule has 0 amide bonds. The number of aromatic nitrogens is 3. The number of benzene rings is 2. The first-order chi connectivity index (χ1) is 15.3. The second-order valence-electron chi connectivity index (χ2n) is 7.77. The van der Waals surface area contributed by atoms with Crippen molar-refractivity contribution in [3.05, 3.63) is 66.5 Å². The summed E-state index contributed by atoms with van der Waals surface area (Å²) in [4.78, 5) is 12.7. The van der Waals surface area contributed by atoms with Gasteiger partial charge in [0, 0.05) is 24.8 Å². The highest BCUT2D eigenvalue weighted by Gasteiger charge is 2.22. The molecule has 0 radical (unpaired) electrons. The molecule has 1 unspecified atom stereocenters. The van der Waals surface area contributed by atoms with Gasteiger partial charge in [-0.2, -0.15) is 0 Å². The zero-order valence-electron chi connectivity index (χ0n) is 16.9. The Hall–Kier alpha value is -3.62. The molecule has 2 aromatic carbocycles. The van der Waals surface area contributed by atoms with Crippen LogP contribution in [0.5, 0.6) is 0 Å². The molecule has 1 saturated heterocycles. The molecular formula is C23H23N7O. The zero-order valence-corrected chi connectivity index (χ0v) is 16.9. The number of aromatic amines is 1. The molecule has 1 atom stereocenters. The fourth-order valence-electron chi connectivity index (χ4n) is 4.05. The summed E-state index contributed by atoms with van der Waals surface area (Å²) in [5.74, 6) is 0.851. The van der Waals surface area contributed by atoms with Crippen molar-refractivity contribution in [1.82, 2.24) is 20.0 Å². The van der Waals surface area contributed by atoms with Crippen LogP contribution in [-0.2, 0) is 4.74 Å². The average Bonchev–Trinajstić information content (AvgIpc) is 3.44. The number of hydrogen-bond acceptors (Lipinski definition) is 7. The molecule has 0 spiro atoms. The molecule has 1 fully saturated rings. The van der Waals surface area contributed by atoms with E-state index in [2.05, 4.69) is 61.4 Å². The van der Waals surface area contributed by atoms with Gasteiger partial charge in [-0.3, -0.25) is 4.98 Å². The number of ether oxygens (including phenoxy) is 1. The van der Waals surface area contributed by atoms with Gasteiger partial charge in [0.15, 0.2) is 0 Å². The van der Waals surface area contributed by atoms with Crippen LogP contribution in [0.25, 0.3) is 22.4 Å². The summed E-state index contributed by atoms with van der Waals surface area (Å²) >= 11 is 0. The molecule has 0 bridgehead atoms. The molecule has 2 aliphatic rings. The van der Waals surface area contributed by atoms with E-state index in [0.29, 0.717) is 0 Å². The highest BCUT2D eigenvalue weighted by atomic mass is 16.5. The van der Waals surface area contributed by atoms with Crippen LogP contribution >= 0.6 is 0 Å². The number of nitrogens with one attached hydrogen (secondary N) is 4. The minimum absolute atomic E-state index is 0.0315. The van der Waals surface area contributed by atoms with Crippen molar-refractivity contribution in [3.8, 4) is 11.4 Å². The Bertz CT molecular complexity index is 1220. The van der Waals surface area contributed by atoms with E-state index in [1.807, 2.05) is 30.5 Å². The van der Waals surface area contributed by atoms with E-state index in [0.717, 1.165) is 71.5 Å². The van der Waals surface area contributed by atoms with Crippen LogP contribution in [0.2, 0.25) is 0 Å². The normalized spacial score (nSPS) is 18.4. The number of morpholine rings is 1. The fourth-order valence-corrected chi connectivity index (χ4v) is 4.05. The second-order valence-corrected chi connectivity index (χ2v) is 7.77. The number of hydrogen-bond donors (Lipinski definition) is 4. The Labute approximate surface area is 179 Å². The van der Waals surface area contributed by atoms with Crippen molar-refractivity contribution < 1.29 is 4.74 Å². The van der Waals surface area contributed by atoms with Crippen LogP contribution < -0.4 is 16.1 Å². The molecule has 156 valence electrons. The highest BCUT2D eigenvalue weighted by Crippen LogP contribution is 2.37. The lowest BCUT2D eigenvalue weighted by atomic mass is 10.1. The first-order valence-corrected chi connectivity index (χ1v) is 10.5. The smallest absolute Gasteiger partial charge is 0.141 e. The Morgan fingerprint density at radius 2 is 1.87 bits per heavy atom. The number of anilines is 3. The number of pyridine rings is 1. The van der Waals surface area contributed by atoms with E-state index in [1.165, 1.54) is 0 Å². The number of fused-ring (bicyclic) bond motifs is 2. The first kappa shape index (κ1) is 18.2. The van der Waals surface area contributed by atoms with Crippen LogP contribution in [0.4, 0.5) is 17.1 Å². The predicted octanol–water partition coefficient (Wildman–Crippen LogP) is 3.82. The predicted molar refractivity (Wildman–Crippen MR) is 122 cm³/mol. The minimum Gasteiger partial charge on any atom is -0.379 e. The Morgan fingerprint density at radius 3 is 2.74 bits per heavy atom. The maximum atomic E-state index is 5.41. The molecule has 2 aromatic heterocycles. The fraction of sp³-hybridized carbons (Fsp3) is 0.217. The standard InChI is InChI=1S/C23H23N7O/c1-2-8-24-19(3-1)23-26-17-6-4-15(13-20(17)28-23)22-25-18-7-5-16(14-21(18)27-22)29-30-9-11-31-12-10-30/h1-8,13-14,23,26,28-29H,9-12H2,(H,25,27). The summed E-state index contributed by atoms with van der Waals surface area (Å²) in [6.45, 7) is 3.27. The number of rotatable bonds is 4. The van der Waals surface area contributed by atoms with Gasteiger partial charge in [-0.25, -0.2) is 9.99 Å². The van der Waals surface area contributed by atoms with Gasteiger partial charge in [-0.05, 0) is 48.5 Å².